The Morgan fingerprint density at radius 3 is 2.76 bits per heavy atom. The van der Waals surface area contributed by atoms with E-state index < -0.39 is 0 Å². The molecule has 1 aromatic carbocycles. The van der Waals surface area contributed by atoms with E-state index in [1.807, 2.05) is 53.4 Å². The third kappa shape index (κ3) is 3.24. The van der Waals surface area contributed by atoms with E-state index in [-0.39, 0.29) is 11.5 Å². The predicted molar refractivity (Wildman–Crippen MR) is 96.5 cm³/mol. The molecule has 5 heteroatoms. The van der Waals surface area contributed by atoms with Crippen LogP contribution >= 0.6 is 0 Å². The Balaban J connectivity index is 1.31. The summed E-state index contributed by atoms with van der Waals surface area (Å²) < 4.78 is 6.07. The van der Waals surface area contributed by atoms with Crippen LogP contribution in [0, 0.1) is 5.92 Å². The number of anilines is 1. The number of amides is 1. The highest BCUT2D eigenvalue weighted by atomic mass is 16.5. The van der Waals surface area contributed by atoms with Gasteiger partial charge < -0.3 is 15.0 Å². The molecular formula is C20H23N3O2. The zero-order chi connectivity index (χ0) is 17.1. The van der Waals surface area contributed by atoms with Crippen molar-refractivity contribution >= 4 is 11.7 Å². The van der Waals surface area contributed by atoms with Gasteiger partial charge in [-0.25, -0.2) is 4.98 Å². The molecule has 1 amide bonds. The molecule has 2 aliphatic heterocycles. The standard InChI is InChI=1S/C20H23N3O2/c24-19(16-6-2-1-3-7-16)23-14-20(15-23)17(10-13-25-20)9-12-22-18-8-4-5-11-21-18/h1-8,11,17H,9-10,12-15H2,(H,21,22)/t17-/m0/s1. The second-order valence-corrected chi connectivity index (χ2v) is 6.86. The molecule has 130 valence electrons. The molecule has 1 atom stereocenters. The van der Waals surface area contributed by atoms with Crippen LogP contribution in [-0.4, -0.2) is 47.6 Å². The minimum Gasteiger partial charge on any atom is -0.371 e. The lowest BCUT2D eigenvalue weighted by atomic mass is 9.78. The molecule has 0 aliphatic carbocycles. The lowest BCUT2D eigenvalue weighted by Gasteiger charge is -2.50. The van der Waals surface area contributed by atoms with E-state index in [9.17, 15) is 4.79 Å². The zero-order valence-electron chi connectivity index (χ0n) is 14.2. The first-order chi connectivity index (χ1) is 12.3. The Bertz CT molecular complexity index is 714. The molecule has 0 unspecified atom stereocenters. The van der Waals surface area contributed by atoms with Gasteiger partial charge in [0.05, 0.1) is 13.1 Å². The van der Waals surface area contributed by atoms with Crippen LogP contribution in [0.25, 0.3) is 0 Å². The average Bonchev–Trinajstić information content (AvgIpc) is 3.05. The van der Waals surface area contributed by atoms with Crippen molar-refractivity contribution < 1.29 is 9.53 Å². The van der Waals surface area contributed by atoms with Crippen LogP contribution < -0.4 is 5.32 Å². The summed E-state index contributed by atoms with van der Waals surface area (Å²) in [5.74, 6) is 1.50. The lowest BCUT2D eigenvalue weighted by molar-refractivity contribution is -0.117. The van der Waals surface area contributed by atoms with Crippen LogP contribution in [0.3, 0.4) is 0 Å². The van der Waals surface area contributed by atoms with Gasteiger partial charge in [-0.2, -0.15) is 0 Å². The third-order valence-corrected chi connectivity index (χ3v) is 5.29. The molecule has 1 spiro atoms. The number of nitrogens with one attached hydrogen (secondary N) is 1. The minimum atomic E-state index is -0.143. The number of hydrogen-bond donors (Lipinski definition) is 1. The summed E-state index contributed by atoms with van der Waals surface area (Å²) in [5.41, 5.74) is 0.611. The summed E-state index contributed by atoms with van der Waals surface area (Å²) in [6.07, 6.45) is 3.89. The molecule has 5 nitrogen and oxygen atoms in total. The number of rotatable bonds is 5. The van der Waals surface area contributed by atoms with E-state index >= 15 is 0 Å². The fourth-order valence-corrected chi connectivity index (χ4v) is 3.89. The molecule has 2 aliphatic rings. The highest BCUT2D eigenvalue weighted by molar-refractivity contribution is 5.94. The van der Waals surface area contributed by atoms with Gasteiger partial charge in [-0.15, -0.1) is 0 Å². The van der Waals surface area contributed by atoms with Gasteiger partial charge in [-0.05, 0) is 43.0 Å². The van der Waals surface area contributed by atoms with Gasteiger partial charge in [0, 0.05) is 24.9 Å². The van der Waals surface area contributed by atoms with Gasteiger partial charge in [0.15, 0.2) is 0 Å². The number of carbonyl (C=O) groups excluding carboxylic acids is 1. The summed E-state index contributed by atoms with van der Waals surface area (Å²) in [6.45, 7) is 3.07. The fraction of sp³-hybridized carbons (Fsp3) is 0.400. The molecule has 0 radical (unpaired) electrons. The number of nitrogens with zero attached hydrogens (tertiary/aromatic N) is 2. The number of carbonyl (C=O) groups is 1. The molecule has 2 saturated heterocycles. The van der Waals surface area contributed by atoms with Crippen molar-refractivity contribution in [2.24, 2.45) is 5.92 Å². The van der Waals surface area contributed by atoms with Crippen molar-refractivity contribution in [1.82, 2.24) is 9.88 Å². The van der Waals surface area contributed by atoms with Crippen molar-refractivity contribution in [1.29, 1.82) is 0 Å². The molecule has 1 N–H and O–H groups in total. The van der Waals surface area contributed by atoms with Crippen molar-refractivity contribution in [3.05, 3.63) is 60.3 Å². The number of aromatic nitrogens is 1. The zero-order valence-corrected chi connectivity index (χ0v) is 14.2. The van der Waals surface area contributed by atoms with Crippen LogP contribution in [0.5, 0.6) is 0 Å². The van der Waals surface area contributed by atoms with E-state index in [0.717, 1.165) is 37.4 Å². The largest absolute Gasteiger partial charge is 0.371 e. The number of ether oxygens (including phenoxy) is 1. The van der Waals surface area contributed by atoms with Crippen LogP contribution in [0.1, 0.15) is 23.2 Å². The smallest absolute Gasteiger partial charge is 0.254 e. The fourth-order valence-electron chi connectivity index (χ4n) is 3.89. The van der Waals surface area contributed by atoms with Gasteiger partial charge in [0.25, 0.3) is 5.91 Å². The van der Waals surface area contributed by atoms with Crippen LogP contribution in [-0.2, 0) is 4.74 Å². The van der Waals surface area contributed by atoms with Gasteiger partial charge in [-0.3, -0.25) is 4.79 Å². The second-order valence-electron chi connectivity index (χ2n) is 6.86. The molecule has 0 saturated carbocycles. The van der Waals surface area contributed by atoms with Crippen molar-refractivity contribution in [2.75, 3.05) is 31.6 Å². The van der Waals surface area contributed by atoms with Gasteiger partial charge in [-0.1, -0.05) is 24.3 Å². The molecule has 4 rings (SSSR count). The SMILES string of the molecule is O=C(c1ccccc1)N1CC2(C1)OCC[C@@H]2CCNc1ccccn1. The van der Waals surface area contributed by atoms with Crippen LogP contribution in [0.2, 0.25) is 0 Å². The molecule has 0 bridgehead atoms. The molecule has 1 aromatic heterocycles. The maximum absolute atomic E-state index is 12.5. The van der Waals surface area contributed by atoms with Gasteiger partial charge in [0.2, 0.25) is 0 Å². The van der Waals surface area contributed by atoms with Crippen molar-refractivity contribution in [2.45, 2.75) is 18.4 Å². The van der Waals surface area contributed by atoms with Crippen molar-refractivity contribution in [3.8, 4) is 0 Å². The molecule has 2 aromatic rings. The number of benzene rings is 1. The molecule has 25 heavy (non-hydrogen) atoms. The van der Waals surface area contributed by atoms with E-state index in [2.05, 4.69) is 10.3 Å². The maximum Gasteiger partial charge on any atom is 0.254 e. The topological polar surface area (TPSA) is 54.5 Å². The normalized spacial score (nSPS) is 21.1. The Morgan fingerprint density at radius 1 is 1.20 bits per heavy atom. The first-order valence-corrected chi connectivity index (χ1v) is 8.90. The lowest BCUT2D eigenvalue weighted by Crippen LogP contribution is -2.66. The first kappa shape index (κ1) is 16.1. The monoisotopic (exact) mass is 337 g/mol. The Kier molecular flexibility index (Phi) is 4.40. The summed E-state index contributed by atoms with van der Waals surface area (Å²) in [7, 11) is 0. The minimum absolute atomic E-state index is 0.104. The maximum atomic E-state index is 12.5. The van der Waals surface area contributed by atoms with E-state index in [1.165, 1.54) is 0 Å². The summed E-state index contributed by atoms with van der Waals surface area (Å²) in [6, 6.07) is 15.4. The Hall–Kier alpha value is -2.40. The molecular weight excluding hydrogens is 314 g/mol. The van der Waals surface area contributed by atoms with Gasteiger partial charge >= 0.3 is 0 Å². The second kappa shape index (κ2) is 6.84. The summed E-state index contributed by atoms with van der Waals surface area (Å²) in [5, 5.41) is 3.37. The van der Waals surface area contributed by atoms with Crippen molar-refractivity contribution in [3.63, 3.8) is 0 Å². The Morgan fingerprint density at radius 2 is 2.00 bits per heavy atom. The number of likely N-dealkylation sites (tertiary alicyclic amines) is 1. The first-order valence-electron chi connectivity index (χ1n) is 8.90. The van der Waals surface area contributed by atoms with E-state index in [0.29, 0.717) is 19.0 Å². The predicted octanol–water partition coefficient (Wildman–Crippen LogP) is 2.81. The quantitative estimate of drug-likeness (QED) is 0.911. The number of pyridine rings is 1. The van der Waals surface area contributed by atoms with Gasteiger partial charge in [0.1, 0.15) is 11.4 Å². The van der Waals surface area contributed by atoms with E-state index in [4.69, 9.17) is 4.74 Å². The Labute approximate surface area is 148 Å². The average molecular weight is 337 g/mol. The highest BCUT2D eigenvalue weighted by Gasteiger charge is 2.54. The summed E-state index contributed by atoms with van der Waals surface area (Å²) >= 11 is 0. The third-order valence-electron chi connectivity index (χ3n) is 5.29. The number of hydrogen-bond acceptors (Lipinski definition) is 4. The highest BCUT2D eigenvalue weighted by Crippen LogP contribution is 2.42. The molecule has 2 fully saturated rings. The molecule has 3 heterocycles. The van der Waals surface area contributed by atoms with Crippen LogP contribution in [0.4, 0.5) is 5.82 Å². The van der Waals surface area contributed by atoms with Crippen LogP contribution in [0.15, 0.2) is 54.7 Å². The summed E-state index contributed by atoms with van der Waals surface area (Å²) in [4.78, 5) is 18.7. The van der Waals surface area contributed by atoms with E-state index in [1.54, 1.807) is 6.20 Å².